The van der Waals surface area contributed by atoms with Crippen molar-refractivity contribution in [2.45, 2.75) is 20.3 Å². The van der Waals surface area contributed by atoms with Crippen molar-refractivity contribution in [3.8, 4) is 11.1 Å². The highest BCUT2D eigenvalue weighted by Crippen LogP contribution is 2.22. The van der Waals surface area contributed by atoms with E-state index in [2.05, 4.69) is 38.1 Å². The lowest BCUT2D eigenvalue weighted by atomic mass is 9.97. The van der Waals surface area contributed by atoms with Gasteiger partial charge in [0, 0.05) is 0 Å². The van der Waals surface area contributed by atoms with Crippen LogP contribution >= 0.6 is 0 Å². The summed E-state index contributed by atoms with van der Waals surface area (Å²) in [6, 6.07) is 15.4. The molecule has 0 saturated heterocycles. The van der Waals surface area contributed by atoms with Crippen molar-refractivity contribution >= 4 is 5.97 Å². The highest BCUT2D eigenvalue weighted by atomic mass is 16.4. The molecule has 98 valence electrons. The number of aromatic carboxylic acids is 1. The summed E-state index contributed by atoms with van der Waals surface area (Å²) in [5.74, 6) is -0.259. The van der Waals surface area contributed by atoms with Gasteiger partial charge in [0.1, 0.15) is 0 Å². The monoisotopic (exact) mass is 254 g/mol. The van der Waals surface area contributed by atoms with Gasteiger partial charge in [0.25, 0.3) is 0 Å². The van der Waals surface area contributed by atoms with E-state index in [9.17, 15) is 4.79 Å². The third kappa shape index (κ3) is 3.44. The van der Waals surface area contributed by atoms with Crippen molar-refractivity contribution in [1.29, 1.82) is 0 Å². The van der Waals surface area contributed by atoms with Gasteiger partial charge in [-0.3, -0.25) is 0 Å². The van der Waals surface area contributed by atoms with E-state index in [1.165, 1.54) is 5.56 Å². The predicted molar refractivity (Wildman–Crippen MR) is 77.4 cm³/mol. The van der Waals surface area contributed by atoms with Gasteiger partial charge in [0.2, 0.25) is 0 Å². The van der Waals surface area contributed by atoms with Crippen LogP contribution in [0.2, 0.25) is 0 Å². The molecule has 0 spiro atoms. The van der Waals surface area contributed by atoms with Crippen LogP contribution in [-0.2, 0) is 6.42 Å². The molecule has 0 aromatic heterocycles. The Bertz CT molecular complexity index is 568. The smallest absolute Gasteiger partial charge is 0.335 e. The standard InChI is InChI=1S/C17H18O2/c1-12(2)10-13-4-3-5-16(11-13)14-6-8-15(9-7-14)17(18)19/h3-9,11-12H,10H2,1-2H3,(H,18,19). The SMILES string of the molecule is CC(C)Cc1cccc(-c2ccc(C(=O)O)cc2)c1. The molecular weight excluding hydrogens is 236 g/mol. The molecule has 0 amide bonds. The van der Waals surface area contributed by atoms with Gasteiger partial charge in [0.15, 0.2) is 0 Å². The van der Waals surface area contributed by atoms with Crippen LogP contribution in [0.25, 0.3) is 11.1 Å². The van der Waals surface area contributed by atoms with Crippen LogP contribution < -0.4 is 0 Å². The maximum absolute atomic E-state index is 10.8. The lowest BCUT2D eigenvalue weighted by Gasteiger charge is -2.08. The van der Waals surface area contributed by atoms with Gasteiger partial charge in [-0.05, 0) is 41.2 Å². The molecule has 0 atom stereocenters. The molecule has 0 aliphatic rings. The number of benzene rings is 2. The Balaban J connectivity index is 2.28. The minimum atomic E-state index is -0.889. The van der Waals surface area contributed by atoms with Crippen molar-refractivity contribution in [2.24, 2.45) is 5.92 Å². The number of carbonyl (C=O) groups is 1. The van der Waals surface area contributed by atoms with Crippen LogP contribution in [0.5, 0.6) is 0 Å². The fourth-order valence-corrected chi connectivity index (χ4v) is 2.15. The van der Waals surface area contributed by atoms with E-state index >= 15 is 0 Å². The summed E-state index contributed by atoms with van der Waals surface area (Å²) in [4.78, 5) is 10.8. The molecule has 0 fully saturated rings. The second-order valence-electron chi connectivity index (χ2n) is 5.18. The number of hydrogen-bond acceptors (Lipinski definition) is 1. The summed E-state index contributed by atoms with van der Waals surface area (Å²) in [5, 5.41) is 8.89. The van der Waals surface area contributed by atoms with Crippen molar-refractivity contribution in [3.05, 3.63) is 59.7 Å². The Morgan fingerprint density at radius 1 is 1.05 bits per heavy atom. The molecule has 0 saturated carbocycles. The molecule has 2 nitrogen and oxygen atoms in total. The Morgan fingerprint density at radius 2 is 1.74 bits per heavy atom. The fourth-order valence-electron chi connectivity index (χ4n) is 2.15. The molecule has 0 heterocycles. The quantitative estimate of drug-likeness (QED) is 0.885. The van der Waals surface area contributed by atoms with Crippen LogP contribution in [-0.4, -0.2) is 11.1 Å². The largest absolute Gasteiger partial charge is 0.478 e. The lowest BCUT2D eigenvalue weighted by Crippen LogP contribution is -1.96. The van der Waals surface area contributed by atoms with Crippen molar-refractivity contribution in [3.63, 3.8) is 0 Å². The van der Waals surface area contributed by atoms with E-state index in [0.717, 1.165) is 17.5 Å². The van der Waals surface area contributed by atoms with E-state index in [1.807, 2.05) is 12.1 Å². The van der Waals surface area contributed by atoms with Gasteiger partial charge in [0.05, 0.1) is 5.56 Å². The maximum Gasteiger partial charge on any atom is 0.335 e. The van der Waals surface area contributed by atoms with Crippen molar-refractivity contribution < 1.29 is 9.90 Å². The third-order valence-electron chi connectivity index (χ3n) is 3.04. The minimum Gasteiger partial charge on any atom is -0.478 e. The summed E-state index contributed by atoms with van der Waals surface area (Å²) in [7, 11) is 0. The van der Waals surface area contributed by atoms with E-state index in [1.54, 1.807) is 12.1 Å². The second-order valence-corrected chi connectivity index (χ2v) is 5.18. The number of rotatable bonds is 4. The first kappa shape index (κ1) is 13.3. The molecule has 0 aliphatic heterocycles. The Hall–Kier alpha value is -2.09. The highest BCUT2D eigenvalue weighted by Gasteiger charge is 2.04. The first-order valence-corrected chi connectivity index (χ1v) is 6.49. The molecule has 2 rings (SSSR count). The average Bonchev–Trinajstić information content (AvgIpc) is 2.38. The summed E-state index contributed by atoms with van der Waals surface area (Å²) in [5.41, 5.74) is 3.82. The van der Waals surface area contributed by atoms with Crippen LogP contribution in [0.15, 0.2) is 48.5 Å². The summed E-state index contributed by atoms with van der Waals surface area (Å²) >= 11 is 0. The van der Waals surface area contributed by atoms with E-state index in [4.69, 9.17) is 5.11 Å². The Morgan fingerprint density at radius 3 is 2.32 bits per heavy atom. The van der Waals surface area contributed by atoms with Crippen molar-refractivity contribution in [1.82, 2.24) is 0 Å². The zero-order valence-electron chi connectivity index (χ0n) is 11.3. The minimum absolute atomic E-state index is 0.321. The van der Waals surface area contributed by atoms with E-state index in [0.29, 0.717) is 11.5 Å². The van der Waals surface area contributed by atoms with Crippen LogP contribution in [0.3, 0.4) is 0 Å². The number of carboxylic acids is 1. The highest BCUT2D eigenvalue weighted by molar-refractivity contribution is 5.88. The molecule has 0 aliphatic carbocycles. The molecule has 0 radical (unpaired) electrons. The molecule has 0 unspecified atom stereocenters. The first-order valence-electron chi connectivity index (χ1n) is 6.49. The summed E-state index contributed by atoms with van der Waals surface area (Å²) < 4.78 is 0. The Kier molecular flexibility index (Phi) is 4.00. The van der Waals surface area contributed by atoms with Gasteiger partial charge < -0.3 is 5.11 Å². The first-order chi connectivity index (χ1) is 9.06. The Labute approximate surface area is 113 Å². The fraction of sp³-hybridized carbons (Fsp3) is 0.235. The van der Waals surface area contributed by atoms with Crippen LogP contribution in [0.4, 0.5) is 0 Å². The zero-order chi connectivity index (χ0) is 13.8. The van der Waals surface area contributed by atoms with Gasteiger partial charge in [-0.25, -0.2) is 4.79 Å². The van der Waals surface area contributed by atoms with E-state index < -0.39 is 5.97 Å². The van der Waals surface area contributed by atoms with Gasteiger partial charge in [-0.2, -0.15) is 0 Å². The lowest BCUT2D eigenvalue weighted by molar-refractivity contribution is 0.0697. The number of hydrogen-bond donors (Lipinski definition) is 1. The molecule has 2 aromatic carbocycles. The average molecular weight is 254 g/mol. The molecule has 19 heavy (non-hydrogen) atoms. The molecule has 1 N–H and O–H groups in total. The van der Waals surface area contributed by atoms with Crippen LogP contribution in [0, 0.1) is 5.92 Å². The van der Waals surface area contributed by atoms with Gasteiger partial charge >= 0.3 is 5.97 Å². The molecule has 2 heteroatoms. The summed E-state index contributed by atoms with van der Waals surface area (Å²) in [6.07, 6.45) is 1.06. The second kappa shape index (κ2) is 5.70. The van der Waals surface area contributed by atoms with Crippen LogP contribution in [0.1, 0.15) is 29.8 Å². The zero-order valence-corrected chi connectivity index (χ0v) is 11.3. The van der Waals surface area contributed by atoms with Gasteiger partial charge in [-0.15, -0.1) is 0 Å². The maximum atomic E-state index is 10.8. The molecular formula is C17H18O2. The third-order valence-corrected chi connectivity index (χ3v) is 3.04. The predicted octanol–water partition coefficient (Wildman–Crippen LogP) is 4.25. The van der Waals surface area contributed by atoms with E-state index in [-0.39, 0.29) is 0 Å². The van der Waals surface area contributed by atoms with Crippen molar-refractivity contribution in [2.75, 3.05) is 0 Å². The normalized spacial score (nSPS) is 10.7. The molecule has 0 bridgehead atoms. The molecule has 2 aromatic rings. The number of carboxylic acid groups (broad SMARTS) is 1. The summed E-state index contributed by atoms with van der Waals surface area (Å²) in [6.45, 7) is 4.41. The topological polar surface area (TPSA) is 37.3 Å². The van der Waals surface area contributed by atoms with Gasteiger partial charge in [-0.1, -0.05) is 50.2 Å².